The molecule has 7 nitrogen and oxygen atoms in total. The molecule has 0 spiro atoms. The number of fused-ring (bicyclic) bond motifs is 4. The Balaban J connectivity index is 1.49. The summed E-state index contributed by atoms with van der Waals surface area (Å²) in [6, 6.07) is 8.80. The van der Waals surface area contributed by atoms with Gasteiger partial charge in [-0.15, -0.1) is 0 Å². The number of Topliss-reactive ketones (excluding diaryl/α,β-unsaturated/α-hetero) is 1. The van der Waals surface area contributed by atoms with Gasteiger partial charge in [-0.25, -0.2) is 0 Å². The zero-order chi connectivity index (χ0) is 30.4. The standard InChI is InChI=1S/C36H44N2O5/c1-23-19-30-32-13-15-36(14-6-18-39,33(41)22-43-24(2)40)35(32,3)21-31(34(30)28-12-9-26(37-42)20-29(23)28)25-7-10-27(11-8-25)38-16-4-5-17-38/h7-8,10-11,20,23,26,30-32,39H,4-5,9,12-13,15-19,21-22H2,1-3H3/t23?,26?,30-,31?,32-,35-,36+/m0/s1. The molecular formula is C36H44N2O5. The number of nitrogens with zero attached hydrogens (tertiary/aromatic N) is 2. The van der Waals surface area contributed by atoms with Crippen molar-refractivity contribution in [3.8, 4) is 11.8 Å². The molecule has 1 saturated heterocycles. The second kappa shape index (κ2) is 11.7. The Hall–Kier alpha value is -3.24. The van der Waals surface area contributed by atoms with Crippen molar-refractivity contribution in [2.24, 2.45) is 33.8 Å². The number of benzene rings is 1. The molecule has 228 valence electrons. The maximum absolute atomic E-state index is 14.1. The van der Waals surface area contributed by atoms with Crippen molar-refractivity contribution in [3.05, 3.63) is 57.5 Å². The second-order valence-electron chi connectivity index (χ2n) is 13.7. The summed E-state index contributed by atoms with van der Waals surface area (Å²) >= 11 is 0. The van der Waals surface area contributed by atoms with Gasteiger partial charge in [0.2, 0.25) is 0 Å². The van der Waals surface area contributed by atoms with Crippen LogP contribution in [-0.4, -0.2) is 49.2 Å². The minimum atomic E-state index is -1.00. The van der Waals surface area contributed by atoms with E-state index in [-0.39, 0.29) is 42.8 Å². The average Bonchev–Trinajstić information content (AvgIpc) is 3.65. The molecule has 1 aromatic carbocycles. The minimum absolute atomic E-state index is 0.0976. The molecule has 1 aromatic rings. The number of aliphatic hydroxyl groups excluding tert-OH is 1. The molecule has 0 aromatic heterocycles. The predicted molar refractivity (Wildman–Crippen MR) is 166 cm³/mol. The van der Waals surface area contributed by atoms with Crippen LogP contribution in [0, 0.1) is 45.3 Å². The first-order valence-electron chi connectivity index (χ1n) is 16.1. The second-order valence-corrected chi connectivity index (χ2v) is 13.7. The van der Waals surface area contributed by atoms with Crippen LogP contribution in [0.3, 0.4) is 0 Å². The van der Waals surface area contributed by atoms with Crippen LogP contribution in [0.25, 0.3) is 0 Å². The van der Waals surface area contributed by atoms with Crippen molar-refractivity contribution in [1.29, 1.82) is 0 Å². The molecule has 4 aliphatic carbocycles. The molecule has 3 fully saturated rings. The van der Waals surface area contributed by atoms with Crippen molar-refractivity contribution in [1.82, 2.24) is 0 Å². The third kappa shape index (κ3) is 4.96. The third-order valence-corrected chi connectivity index (χ3v) is 11.6. The first-order chi connectivity index (χ1) is 20.7. The largest absolute Gasteiger partial charge is 0.458 e. The highest BCUT2D eigenvalue weighted by Gasteiger charge is 2.66. The molecule has 0 radical (unpaired) electrons. The van der Waals surface area contributed by atoms with Crippen molar-refractivity contribution < 1.29 is 19.4 Å². The molecule has 2 saturated carbocycles. The Morgan fingerprint density at radius 1 is 1.16 bits per heavy atom. The van der Waals surface area contributed by atoms with Gasteiger partial charge in [-0.2, -0.15) is 4.91 Å². The van der Waals surface area contributed by atoms with Crippen LogP contribution in [0.15, 0.2) is 52.2 Å². The van der Waals surface area contributed by atoms with E-state index in [4.69, 9.17) is 4.74 Å². The molecule has 5 aliphatic rings. The number of ether oxygens (including phenoxy) is 1. The van der Waals surface area contributed by atoms with Gasteiger partial charge in [0.15, 0.2) is 12.4 Å². The highest BCUT2D eigenvalue weighted by atomic mass is 16.5. The van der Waals surface area contributed by atoms with Crippen molar-refractivity contribution in [3.63, 3.8) is 0 Å². The van der Waals surface area contributed by atoms with Gasteiger partial charge >= 0.3 is 5.97 Å². The lowest BCUT2D eigenvalue weighted by atomic mass is 9.47. The Kier molecular flexibility index (Phi) is 8.10. The van der Waals surface area contributed by atoms with Gasteiger partial charge in [-0.3, -0.25) is 9.59 Å². The van der Waals surface area contributed by atoms with Crippen LogP contribution in [-0.2, 0) is 14.3 Å². The van der Waals surface area contributed by atoms with E-state index in [0.29, 0.717) is 12.3 Å². The van der Waals surface area contributed by atoms with Crippen LogP contribution in [0.2, 0.25) is 0 Å². The molecule has 7 heteroatoms. The first kappa shape index (κ1) is 29.8. The Morgan fingerprint density at radius 2 is 1.91 bits per heavy atom. The summed E-state index contributed by atoms with van der Waals surface area (Å²) in [6.45, 7) is 7.39. The topological polar surface area (TPSA) is 96.3 Å². The number of hydrogen-bond acceptors (Lipinski definition) is 7. The maximum Gasteiger partial charge on any atom is 0.303 e. The number of ketones is 1. The van der Waals surface area contributed by atoms with Crippen LogP contribution in [0.4, 0.5) is 5.69 Å². The van der Waals surface area contributed by atoms with Gasteiger partial charge in [0, 0.05) is 31.6 Å². The number of carbonyl (C=O) groups excluding carboxylic acids is 2. The van der Waals surface area contributed by atoms with Crippen LogP contribution in [0.5, 0.6) is 0 Å². The molecule has 3 unspecified atom stereocenters. The number of esters is 1. The lowest BCUT2D eigenvalue weighted by Crippen LogP contribution is -2.52. The lowest BCUT2D eigenvalue weighted by molar-refractivity contribution is -0.150. The van der Waals surface area contributed by atoms with Gasteiger partial charge in [-0.1, -0.05) is 54.6 Å². The fourth-order valence-electron chi connectivity index (χ4n) is 9.59. The molecule has 43 heavy (non-hydrogen) atoms. The number of rotatable bonds is 6. The van der Waals surface area contributed by atoms with E-state index in [9.17, 15) is 19.6 Å². The number of aliphatic hydroxyl groups is 1. The number of carbonyl (C=O) groups is 2. The first-order valence-corrected chi connectivity index (χ1v) is 16.1. The van der Waals surface area contributed by atoms with Crippen LogP contribution < -0.4 is 4.90 Å². The molecular weight excluding hydrogens is 540 g/mol. The lowest BCUT2D eigenvalue weighted by Gasteiger charge is -2.55. The SMILES string of the molecule is CC(=O)OCC(=O)[C@@]1(C#CCO)CC[C@H]2[C@@H]3CC(C)C4=CC(N=O)CCC4=C3C(c3ccc(N4CCCC4)cc3)C[C@@]21C. The summed E-state index contributed by atoms with van der Waals surface area (Å²) in [4.78, 5) is 39.8. The van der Waals surface area contributed by atoms with Crippen LogP contribution in [0.1, 0.15) is 83.6 Å². The fourth-order valence-corrected chi connectivity index (χ4v) is 9.59. The van der Waals surface area contributed by atoms with Crippen molar-refractivity contribution in [2.75, 3.05) is 31.2 Å². The van der Waals surface area contributed by atoms with Gasteiger partial charge in [0.1, 0.15) is 12.6 Å². The zero-order valence-electron chi connectivity index (χ0n) is 25.7. The summed E-state index contributed by atoms with van der Waals surface area (Å²) in [5.41, 5.74) is 5.22. The molecule has 6 rings (SSSR count). The molecule has 1 N–H and O–H groups in total. The number of nitroso groups, excluding NO2 is 1. The Morgan fingerprint density at radius 3 is 2.58 bits per heavy atom. The van der Waals surface area contributed by atoms with E-state index >= 15 is 0 Å². The average molecular weight is 585 g/mol. The summed E-state index contributed by atoms with van der Waals surface area (Å²) in [7, 11) is 0. The third-order valence-electron chi connectivity index (χ3n) is 11.6. The van der Waals surface area contributed by atoms with E-state index in [1.807, 2.05) is 0 Å². The minimum Gasteiger partial charge on any atom is -0.458 e. The molecule has 0 amide bonds. The van der Waals surface area contributed by atoms with E-state index < -0.39 is 16.8 Å². The van der Waals surface area contributed by atoms with Crippen molar-refractivity contribution in [2.45, 2.75) is 84.1 Å². The summed E-state index contributed by atoms with van der Waals surface area (Å²) in [6.07, 6.45) is 9.32. The number of anilines is 1. The highest BCUT2D eigenvalue weighted by molar-refractivity contribution is 5.91. The van der Waals surface area contributed by atoms with Crippen molar-refractivity contribution >= 4 is 17.4 Å². The Bertz CT molecular complexity index is 1410. The molecule has 0 bridgehead atoms. The molecule has 7 atom stereocenters. The number of hydrogen-bond donors (Lipinski definition) is 1. The van der Waals surface area contributed by atoms with E-state index in [1.54, 1.807) is 0 Å². The van der Waals surface area contributed by atoms with E-state index in [0.717, 1.165) is 45.2 Å². The Labute approximate surface area is 255 Å². The zero-order valence-corrected chi connectivity index (χ0v) is 25.7. The van der Waals surface area contributed by atoms with Gasteiger partial charge in [0.25, 0.3) is 0 Å². The summed E-state index contributed by atoms with van der Waals surface area (Å²) < 4.78 is 5.26. The van der Waals surface area contributed by atoms with E-state index in [2.05, 4.69) is 66.1 Å². The normalized spacial score (nSPS) is 34.7. The highest BCUT2D eigenvalue weighted by Crippen LogP contribution is 2.70. The molecule has 1 heterocycles. The smallest absolute Gasteiger partial charge is 0.303 e. The quantitative estimate of drug-likeness (QED) is 0.246. The summed E-state index contributed by atoms with van der Waals surface area (Å²) in [5.74, 6) is 6.42. The molecule has 1 aliphatic heterocycles. The van der Waals surface area contributed by atoms with Gasteiger partial charge in [0.05, 0.1) is 5.41 Å². The van der Waals surface area contributed by atoms with E-state index in [1.165, 1.54) is 47.7 Å². The maximum atomic E-state index is 14.1. The predicted octanol–water partition coefficient (Wildman–Crippen LogP) is 6.11. The summed E-state index contributed by atoms with van der Waals surface area (Å²) in [5, 5.41) is 13.1. The van der Waals surface area contributed by atoms with Gasteiger partial charge in [-0.05, 0) is 103 Å². The number of allylic oxidation sites excluding steroid dienone is 3. The monoisotopic (exact) mass is 584 g/mol. The van der Waals surface area contributed by atoms with Gasteiger partial charge < -0.3 is 14.7 Å². The fraction of sp³-hybridized carbons (Fsp3) is 0.611. The van der Waals surface area contributed by atoms with Crippen LogP contribution >= 0.6 is 0 Å².